The first-order valence-corrected chi connectivity index (χ1v) is 11.8. The van der Waals surface area contributed by atoms with E-state index in [1.807, 2.05) is 6.92 Å². The fraction of sp³-hybridized carbons (Fsp3) is 0.955. The second-order valence-electron chi connectivity index (χ2n) is 10.0. The Labute approximate surface area is 167 Å². The smallest absolute Gasteiger partial charge is 0.147 e. The molecule has 3 fully saturated rings. The van der Waals surface area contributed by atoms with Crippen LogP contribution in [0.1, 0.15) is 78.1 Å². The third-order valence-electron chi connectivity index (χ3n) is 8.35. The largest absolute Gasteiger partial charge is 0.396 e. The molecule has 0 heterocycles. The standard InChI is InChI=1S/C22H37BrO3/c1-21(26)11-9-17(14-24)16(12-21)6-5-15-4-3-10-22(2)18(15)7-8-19(22)20(25)13-23/h15-19,24,26H,3-14H2,1-2H3. The van der Waals surface area contributed by atoms with Crippen LogP contribution in [0.4, 0.5) is 0 Å². The van der Waals surface area contributed by atoms with Crippen molar-refractivity contribution < 1.29 is 15.0 Å². The fourth-order valence-corrected chi connectivity index (χ4v) is 7.27. The first-order valence-electron chi connectivity index (χ1n) is 10.7. The van der Waals surface area contributed by atoms with Gasteiger partial charge in [0, 0.05) is 12.5 Å². The van der Waals surface area contributed by atoms with E-state index in [9.17, 15) is 15.0 Å². The summed E-state index contributed by atoms with van der Waals surface area (Å²) in [4.78, 5) is 12.4. The molecule has 0 aliphatic heterocycles. The Kier molecular flexibility index (Phi) is 6.56. The highest BCUT2D eigenvalue weighted by atomic mass is 79.9. The highest BCUT2D eigenvalue weighted by Gasteiger charge is 2.53. The molecule has 26 heavy (non-hydrogen) atoms. The van der Waals surface area contributed by atoms with Gasteiger partial charge in [-0.1, -0.05) is 35.7 Å². The van der Waals surface area contributed by atoms with E-state index >= 15 is 0 Å². The van der Waals surface area contributed by atoms with Crippen LogP contribution in [0.2, 0.25) is 0 Å². The van der Waals surface area contributed by atoms with Crippen LogP contribution >= 0.6 is 15.9 Å². The Hall–Kier alpha value is 0.0700. The number of hydrogen-bond acceptors (Lipinski definition) is 3. The molecule has 3 aliphatic carbocycles. The molecule has 7 unspecified atom stereocenters. The van der Waals surface area contributed by atoms with Gasteiger partial charge < -0.3 is 10.2 Å². The summed E-state index contributed by atoms with van der Waals surface area (Å²) in [5.41, 5.74) is -0.361. The van der Waals surface area contributed by atoms with Crippen molar-refractivity contribution >= 4 is 21.7 Å². The van der Waals surface area contributed by atoms with Crippen LogP contribution in [0.5, 0.6) is 0 Å². The SMILES string of the molecule is CC1(O)CCC(CO)C(CCC2CCCC3(C)C(C(=O)CBr)CCC23)C1. The first-order chi connectivity index (χ1) is 12.3. The summed E-state index contributed by atoms with van der Waals surface area (Å²) in [5.74, 6) is 2.85. The normalized spacial score (nSPS) is 46.1. The van der Waals surface area contributed by atoms with Gasteiger partial charge in [-0.05, 0) is 87.4 Å². The molecule has 0 bridgehead atoms. The molecule has 3 nitrogen and oxygen atoms in total. The number of Topliss-reactive ketones (excluding diaryl/α,β-unsaturated/α-hetero) is 1. The quantitative estimate of drug-likeness (QED) is 0.601. The molecule has 3 rings (SSSR count). The lowest BCUT2D eigenvalue weighted by molar-refractivity contribution is -0.125. The number of aliphatic hydroxyl groups is 2. The van der Waals surface area contributed by atoms with Gasteiger partial charge in [-0.25, -0.2) is 0 Å². The predicted molar refractivity (Wildman–Crippen MR) is 108 cm³/mol. The fourth-order valence-electron chi connectivity index (χ4n) is 6.88. The second kappa shape index (κ2) is 8.21. The average molecular weight is 429 g/mol. The number of rotatable bonds is 6. The van der Waals surface area contributed by atoms with Gasteiger partial charge in [0.2, 0.25) is 0 Å². The lowest BCUT2D eigenvalue weighted by atomic mass is 9.59. The molecule has 3 aliphatic rings. The Morgan fingerprint density at radius 3 is 2.46 bits per heavy atom. The summed E-state index contributed by atoms with van der Waals surface area (Å²) in [6.45, 7) is 4.59. The Morgan fingerprint density at radius 2 is 1.77 bits per heavy atom. The third-order valence-corrected chi connectivity index (χ3v) is 8.91. The summed E-state index contributed by atoms with van der Waals surface area (Å²) < 4.78 is 0. The number of hydrogen-bond donors (Lipinski definition) is 2. The monoisotopic (exact) mass is 428 g/mol. The second-order valence-corrected chi connectivity index (χ2v) is 10.6. The number of ketones is 1. The van der Waals surface area contributed by atoms with Crippen molar-refractivity contribution in [2.45, 2.75) is 83.7 Å². The molecule has 2 N–H and O–H groups in total. The van der Waals surface area contributed by atoms with Crippen LogP contribution in [0.3, 0.4) is 0 Å². The van der Waals surface area contributed by atoms with Crippen LogP contribution in [-0.2, 0) is 4.79 Å². The van der Waals surface area contributed by atoms with Crippen molar-refractivity contribution in [3.8, 4) is 0 Å². The Bertz CT molecular complexity index is 506. The van der Waals surface area contributed by atoms with Gasteiger partial charge in [-0.3, -0.25) is 4.79 Å². The molecule has 0 spiro atoms. The lowest BCUT2D eigenvalue weighted by Crippen LogP contribution is -2.41. The van der Waals surface area contributed by atoms with Crippen LogP contribution in [0, 0.1) is 35.0 Å². The summed E-state index contributed by atoms with van der Waals surface area (Å²) in [5, 5.41) is 20.7. The van der Waals surface area contributed by atoms with Gasteiger partial charge in [-0.15, -0.1) is 0 Å². The number of alkyl halides is 1. The molecular formula is C22H37BrO3. The van der Waals surface area contributed by atoms with Crippen molar-refractivity contribution in [1.29, 1.82) is 0 Å². The molecule has 0 amide bonds. The molecular weight excluding hydrogens is 392 g/mol. The molecule has 150 valence electrons. The van der Waals surface area contributed by atoms with Crippen molar-refractivity contribution in [1.82, 2.24) is 0 Å². The topological polar surface area (TPSA) is 57.5 Å². The van der Waals surface area contributed by atoms with E-state index in [0.717, 1.165) is 32.1 Å². The number of aliphatic hydroxyl groups excluding tert-OH is 1. The zero-order valence-corrected chi connectivity index (χ0v) is 18.1. The minimum atomic E-state index is -0.557. The molecule has 0 aromatic heterocycles. The zero-order valence-electron chi connectivity index (χ0n) is 16.6. The van der Waals surface area contributed by atoms with E-state index < -0.39 is 5.60 Å². The summed E-state index contributed by atoms with van der Waals surface area (Å²) >= 11 is 3.39. The predicted octanol–water partition coefficient (Wildman–Crippen LogP) is 4.72. The highest BCUT2D eigenvalue weighted by Crippen LogP contribution is 2.59. The summed E-state index contributed by atoms with van der Waals surface area (Å²) in [7, 11) is 0. The maximum Gasteiger partial charge on any atom is 0.147 e. The minimum Gasteiger partial charge on any atom is -0.396 e. The van der Waals surface area contributed by atoms with Gasteiger partial charge in [0.15, 0.2) is 0 Å². The lowest BCUT2D eigenvalue weighted by Gasteiger charge is -2.46. The molecule has 0 aromatic carbocycles. The van der Waals surface area contributed by atoms with Crippen molar-refractivity contribution in [2.75, 3.05) is 11.9 Å². The molecule has 7 atom stereocenters. The molecule has 0 saturated heterocycles. The molecule has 3 saturated carbocycles. The van der Waals surface area contributed by atoms with E-state index in [1.165, 1.54) is 32.1 Å². The van der Waals surface area contributed by atoms with E-state index in [0.29, 0.717) is 34.8 Å². The molecule has 4 heteroatoms. The van der Waals surface area contributed by atoms with E-state index in [-0.39, 0.29) is 17.9 Å². The number of carbonyl (C=O) groups excluding carboxylic acids is 1. The minimum absolute atomic E-state index is 0.197. The average Bonchev–Trinajstić information content (AvgIpc) is 2.96. The van der Waals surface area contributed by atoms with Gasteiger partial charge in [0.25, 0.3) is 0 Å². The van der Waals surface area contributed by atoms with Crippen LogP contribution in [0.15, 0.2) is 0 Å². The number of halogens is 1. The summed E-state index contributed by atoms with van der Waals surface area (Å²) in [6, 6.07) is 0. The highest BCUT2D eigenvalue weighted by molar-refractivity contribution is 9.09. The van der Waals surface area contributed by atoms with Crippen molar-refractivity contribution in [3.63, 3.8) is 0 Å². The number of carbonyl (C=O) groups is 1. The maximum absolute atomic E-state index is 12.4. The summed E-state index contributed by atoms with van der Waals surface area (Å²) in [6.07, 6.45) is 10.9. The van der Waals surface area contributed by atoms with Crippen LogP contribution in [0.25, 0.3) is 0 Å². The van der Waals surface area contributed by atoms with Crippen LogP contribution < -0.4 is 0 Å². The Morgan fingerprint density at radius 1 is 1.04 bits per heavy atom. The molecule has 0 aromatic rings. The van der Waals surface area contributed by atoms with Crippen LogP contribution in [-0.4, -0.2) is 33.5 Å². The van der Waals surface area contributed by atoms with Gasteiger partial charge >= 0.3 is 0 Å². The van der Waals surface area contributed by atoms with Crippen molar-refractivity contribution in [3.05, 3.63) is 0 Å². The van der Waals surface area contributed by atoms with E-state index in [1.54, 1.807) is 0 Å². The third kappa shape index (κ3) is 4.07. The van der Waals surface area contributed by atoms with E-state index in [4.69, 9.17) is 0 Å². The van der Waals surface area contributed by atoms with Crippen molar-refractivity contribution in [2.24, 2.45) is 35.0 Å². The van der Waals surface area contributed by atoms with Gasteiger partial charge in [-0.2, -0.15) is 0 Å². The van der Waals surface area contributed by atoms with E-state index in [2.05, 4.69) is 22.9 Å². The van der Waals surface area contributed by atoms with Gasteiger partial charge in [0.1, 0.15) is 5.78 Å². The van der Waals surface area contributed by atoms with Gasteiger partial charge in [0.05, 0.1) is 10.9 Å². The zero-order chi connectivity index (χ0) is 18.9. The Balaban J connectivity index is 1.64. The molecule has 0 radical (unpaired) electrons. The first kappa shape index (κ1) is 20.8. The number of fused-ring (bicyclic) bond motifs is 1. The maximum atomic E-state index is 12.4.